The van der Waals surface area contributed by atoms with E-state index >= 15 is 0 Å². The number of sulfonamides is 1. The van der Waals surface area contributed by atoms with E-state index in [-0.39, 0.29) is 0 Å². The predicted molar refractivity (Wildman–Crippen MR) is 98.4 cm³/mol. The Morgan fingerprint density at radius 1 is 1.25 bits per heavy atom. The molecule has 1 aromatic rings. The molecule has 1 aliphatic heterocycles. The van der Waals surface area contributed by atoms with Crippen LogP contribution in [0.4, 0.5) is 0 Å². The number of benzene rings is 1. The van der Waals surface area contributed by atoms with E-state index in [4.69, 9.17) is 0 Å². The molecular formula is C17H28N4O2S. The Hall–Kier alpha value is -1.60. The van der Waals surface area contributed by atoms with Gasteiger partial charge in [0.25, 0.3) is 0 Å². The molecule has 0 spiro atoms. The van der Waals surface area contributed by atoms with Crippen LogP contribution in [0.25, 0.3) is 0 Å². The van der Waals surface area contributed by atoms with Crippen molar-refractivity contribution in [2.45, 2.75) is 19.4 Å². The molecule has 1 heterocycles. The third kappa shape index (κ3) is 5.79. The summed E-state index contributed by atoms with van der Waals surface area (Å²) in [5.41, 5.74) is 1.18. The summed E-state index contributed by atoms with van der Waals surface area (Å²) in [5, 5.41) is 3.42. The molecule has 0 amide bonds. The fourth-order valence-corrected chi connectivity index (χ4v) is 3.66. The van der Waals surface area contributed by atoms with Crippen molar-refractivity contribution in [3.8, 4) is 0 Å². The number of nitrogens with zero attached hydrogens (tertiary/aromatic N) is 3. The standard InChI is InChI=1S/C17H28N4O2S/c1-20(2)17(18-13-15-7-5-4-6-8-15)19-14-16-9-11-21(12-10-16)24(3,22)23/h4-8,16H,9-14H2,1-3H3,(H,18,19). The van der Waals surface area contributed by atoms with E-state index in [1.165, 1.54) is 11.8 Å². The maximum Gasteiger partial charge on any atom is 0.211 e. The number of hydrogen-bond acceptors (Lipinski definition) is 3. The summed E-state index contributed by atoms with van der Waals surface area (Å²) in [6.45, 7) is 2.70. The van der Waals surface area contributed by atoms with Crippen molar-refractivity contribution < 1.29 is 8.42 Å². The number of hydrogen-bond donors (Lipinski definition) is 1. The molecule has 0 aliphatic carbocycles. The van der Waals surface area contributed by atoms with E-state index < -0.39 is 10.0 Å². The highest BCUT2D eigenvalue weighted by atomic mass is 32.2. The molecule has 7 heteroatoms. The molecule has 6 nitrogen and oxygen atoms in total. The Morgan fingerprint density at radius 3 is 2.42 bits per heavy atom. The monoisotopic (exact) mass is 352 g/mol. The summed E-state index contributed by atoms with van der Waals surface area (Å²) in [6, 6.07) is 10.2. The van der Waals surface area contributed by atoms with Gasteiger partial charge in [0.15, 0.2) is 5.96 Å². The lowest BCUT2D eigenvalue weighted by molar-refractivity contribution is 0.274. The van der Waals surface area contributed by atoms with Gasteiger partial charge in [-0.15, -0.1) is 0 Å². The van der Waals surface area contributed by atoms with E-state index in [2.05, 4.69) is 22.4 Å². The molecule has 134 valence electrons. The SMILES string of the molecule is CN(C)C(=NCc1ccccc1)NCC1CCN(S(C)(=O)=O)CC1. The normalized spacial score (nSPS) is 17.7. The van der Waals surface area contributed by atoms with E-state index in [1.807, 2.05) is 37.2 Å². The first-order chi connectivity index (χ1) is 11.4. The lowest BCUT2D eigenvalue weighted by Crippen LogP contribution is -2.43. The van der Waals surface area contributed by atoms with Gasteiger partial charge in [-0.3, -0.25) is 0 Å². The van der Waals surface area contributed by atoms with Gasteiger partial charge in [-0.25, -0.2) is 17.7 Å². The van der Waals surface area contributed by atoms with Crippen LogP contribution in [0.2, 0.25) is 0 Å². The Kier molecular flexibility index (Phi) is 6.62. The van der Waals surface area contributed by atoms with Gasteiger partial charge in [0.05, 0.1) is 12.8 Å². The van der Waals surface area contributed by atoms with Crippen molar-refractivity contribution in [2.24, 2.45) is 10.9 Å². The average Bonchev–Trinajstić information content (AvgIpc) is 2.55. The molecule has 24 heavy (non-hydrogen) atoms. The van der Waals surface area contributed by atoms with Crippen LogP contribution in [0.1, 0.15) is 18.4 Å². The van der Waals surface area contributed by atoms with Crippen LogP contribution in [0.15, 0.2) is 35.3 Å². The lowest BCUT2D eigenvalue weighted by Gasteiger charge is -2.31. The zero-order valence-corrected chi connectivity index (χ0v) is 15.6. The highest BCUT2D eigenvalue weighted by molar-refractivity contribution is 7.88. The molecule has 2 rings (SSSR count). The zero-order valence-electron chi connectivity index (χ0n) is 14.8. The number of nitrogens with one attached hydrogen (secondary N) is 1. The van der Waals surface area contributed by atoms with E-state index in [9.17, 15) is 8.42 Å². The average molecular weight is 353 g/mol. The van der Waals surface area contributed by atoms with Crippen LogP contribution in [0, 0.1) is 5.92 Å². The van der Waals surface area contributed by atoms with E-state index in [0.717, 1.165) is 25.3 Å². The van der Waals surface area contributed by atoms with E-state index in [0.29, 0.717) is 25.6 Å². The first-order valence-electron chi connectivity index (χ1n) is 8.31. The number of rotatable bonds is 5. The number of guanidine groups is 1. The molecule has 0 unspecified atom stereocenters. The predicted octanol–water partition coefficient (Wildman–Crippen LogP) is 1.37. The summed E-state index contributed by atoms with van der Waals surface area (Å²) in [4.78, 5) is 6.64. The van der Waals surface area contributed by atoms with Crippen LogP contribution in [0.5, 0.6) is 0 Å². The third-order valence-electron chi connectivity index (χ3n) is 4.27. The topological polar surface area (TPSA) is 65.0 Å². The third-order valence-corrected chi connectivity index (χ3v) is 5.57. The molecule has 1 fully saturated rings. The fourth-order valence-electron chi connectivity index (χ4n) is 2.79. The molecule has 0 radical (unpaired) electrons. The molecule has 1 N–H and O–H groups in total. The first-order valence-corrected chi connectivity index (χ1v) is 10.2. The summed E-state index contributed by atoms with van der Waals surface area (Å²) >= 11 is 0. The number of aliphatic imine (C=N–C) groups is 1. The second-order valence-corrected chi connectivity index (χ2v) is 8.49. The van der Waals surface area contributed by atoms with Crippen LogP contribution < -0.4 is 5.32 Å². The van der Waals surface area contributed by atoms with Gasteiger partial charge >= 0.3 is 0 Å². The van der Waals surface area contributed by atoms with Crippen molar-refractivity contribution in [2.75, 3.05) is 40.0 Å². The maximum atomic E-state index is 11.6. The molecule has 1 aromatic carbocycles. The van der Waals surface area contributed by atoms with Crippen molar-refractivity contribution >= 4 is 16.0 Å². The highest BCUT2D eigenvalue weighted by Crippen LogP contribution is 2.18. The van der Waals surface area contributed by atoms with Gasteiger partial charge < -0.3 is 10.2 Å². The molecule has 1 saturated heterocycles. The Balaban J connectivity index is 1.84. The summed E-state index contributed by atoms with van der Waals surface area (Å²) in [5.74, 6) is 1.34. The zero-order chi connectivity index (χ0) is 17.6. The lowest BCUT2D eigenvalue weighted by atomic mass is 9.98. The van der Waals surface area contributed by atoms with Crippen LogP contribution in [0.3, 0.4) is 0 Å². The van der Waals surface area contributed by atoms with Crippen LogP contribution in [-0.2, 0) is 16.6 Å². The van der Waals surface area contributed by atoms with Gasteiger partial charge in [0, 0.05) is 33.7 Å². The van der Waals surface area contributed by atoms with Crippen LogP contribution in [-0.4, -0.2) is 63.6 Å². The van der Waals surface area contributed by atoms with E-state index in [1.54, 1.807) is 4.31 Å². The minimum atomic E-state index is -3.05. The van der Waals surface area contributed by atoms with Crippen molar-refractivity contribution in [1.29, 1.82) is 0 Å². The van der Waals surface area contributed by atoms with Crippen LogP contribution >= 0.6 is 0 Å². The van der Waals surface area contributed by atoms with Gasteiger partial charge in [0.2, 0.25) is 10.0 Å². The Bertz CT molecular complexity index is 636. The molecule has 0 bridgehead atoms. The molecule has 1 aliphatic rings. The summed E-state index contributed by atoms with van der Waals surface area (Å²) < 4.78 is 24.7. The van der Waals surface area contributed by atoms with Gasteiger partial charge in [-0.2, -0.15) is 0 Å². The Morgan fingerprint density at radius 2 is 1.88 bits per heavy atom. The maximum absolute atomic E-state index is 11.6. The van der Waals surface area contributed by atoms with Gasteiger partial charge in [0.1, 0.15) is 0 Å². The Labute approximate surface area is 145 Å². The van der Waals surface area contributed by atoms with Crippen molar-refractivity contribution in [3.63, 3.8) is 0 Å². The number of piperidine rings is 1. The minimum absolute atomic E-state index is 0.477. The molecule has 0 saturated carbocycles. The molecule has 0 aromatic heterocycles. The smallest absolute Gasteiger partial charge is 0.211 e. The second-order valence-electron chi connectivity index (χ2n) is 6.51. The summed E-state index contributed by atoms with van der Waals surface area (Å²) in [7, 11) is 0.898. The quantitative estimate of drug-likeness (QED) is 0.642. The second kappa shape index (κ2) is 8.48. The fraction of sp³-hybridized carbons (Fsp3) is 0.588. The van der Waals surface area contributed by atoms with Gasteiger partial charge in [-0.1, -0.05) is 30.3 Å². The van der Waals surface area contributed by atoms with Crippen molar-refractivity contribution in [3.05, 3.63) is 35.9 Å². The highest BCUT2D eigenvalue weighted by Gasteiger charge is 2.24. The van der Waals surface area contributed by atoms with Gasteiger partial charge in [-0.05, 0) is 24.3 Å². The first kappa shape index (κ1) is 18.7. The summed E-state index contributed by atoms with van der Waals surface area (Å²) in [6.07, 6.45) is 3.06. The minimum Gasteiger partial charge on any atom is -0.356 e. The molecule has 0 atom stereocenters. The largest absolute Gasteiger partial charge is 0.356 e. The van der Waals surface area contributed by atoms with Crippen molar-refractivity contribution in [1.82, 2.24) is 14.5 Å². The molecular weight excluding hydrogens is 324 g/mol.